The summed E-state index contributed by atoms with van der Waals surface area (Å²) in [7, 11) is 0. The average Bonchev–Trinajstić information content (AvgIpc) is 1.56. The first-order chi connectivity index (χ1) is 50.3. The molecule has 0 radical (unpaired) electrons. The van der Waals surface area contributed by atoms with E-state index in [-0.39, 0.29) is 17.1 Å². The topological polar surface area (TPSA) is 132 Å². The normalized spacial score (nSPS) is 12.4. The van der Waals surface area contributed by atoms with E-state index in [1.807, 2.05) is 127 Å². The van der Waals surface area contributed by atoms with Crippen LogP contribution < -0.4 is 5.73 Å². The van der Waals surface area contributed by atoms with E-state index in [9.17, 15) is 24.0 Å². The summed E-state index contributed by atoms with van der Waals surface area (Å²) in [5.74, 6) is -1.41. The number of fused-ring (bicyclic) bond motifs is 7. The third-order valence-corrected chi connectivity index (χ3v) is 21.2. The second-order valence-corrected chi connectivity index (χ2v) is 27.8. The molecule has 4 aliphatic carbocycles. The lowest BCUT2D eigenvalue weighted by Crippen LogP contribution is -2.06. The van der Waals surface area contributed by atoms with Crippen molar-refractivity contribution in [3.05, 3.63) is 385 Å². The predicted octanol–water partition coefficient (Wildman–Crippen LogP) is 23.7. The first kappa shape index (κ1) is 67.1. The lowest BCUT2D eigenvalue weighted by atomic mass is 9.82. The highest BCUT2D eigenvalue weighted by Gasteiger charge is 2.40. The van der Waals surface area contributed by atoms with Crippen molar-refractivity contribution in [2.24, 2.45) is 0 Å². The van der Waals surface area contributed by atoms with Crippen molar-refractivity contribution < 1.29 is 29.1 Å². The Bertz CT molecular complexity index is 5770. The Labute approximate surface area is 620 Å². The van der Waals surface area contributed by atoms with Crippen molar-refractivity contribution in [3.63, 3.8) is 0 Å². The van der Waals surface area contributed by atoms with E-state index >= 15 is 0 Å². The summed E-state index contributed by atoms with van der Waals surface area (Å²) in [6, 6.07) is 107. The van der Waals surface area contributed by atoms with Gasteiger partial charge in [0, 0.05) is 70.8 Å². The maximum Gasteiger partial charge on any atom is 0.337 e. The SMILES string of the molecule is Brc1ccc2c3c(cccc13)-c1c-2c(-c2ccccc2)c2ccccc2c1-c1ccccc1.Nc1ccccc1C(=O)O.O=C(Cc1ccccc1)Cc1ccccc1.O=C1C(=O)c2ccc(Br)c3cccc1c23.O=C1C(c2ccccc2)=C2C(=C1c1ccccc1)c1ccc(Br)c3cccc2c13. The minimum atomic E-state index is -0.988. The largest absolute Gasteiger partial charge is 0.478 e. The van der Waals surface area contributed by atoms with Crippen LogP contribution in [0.1, 0.15) is 64.5 Å². The molecule has 0 saturated carbocycles. The number of rotatable bonds is 9. The minimum absolute atomic E-state index is 0.109. The molecule has 0 unspecified atom stereocenters. The van der Waals surface area contributed by atoms with Crippen LogP contribution in [0.5, 0.6) is 0 Å². The van der Waals surface area contributed by atoms with Crippen LogP contribution in [-0.2, 0) is 22.4 Å². The first-order valence-electron chi connectivity index (χ1n) is 33.6. The van der Waals surface area contributed by atoms with Crippen molar-refractivity contribution >= 4 is 148 Å². The van der Waals surface area contributed by atoms with E-state index in [1.54, 1.807) is 42.5 Å². The maximum absolute atomic E-state index is 13.8. The third-order valence-electron chi connectivity index (χ3n) is 19.1. The fourth-order valence-corrected chi connectivity index (χ4v) is 16.0. The van der Waals surface area contributed by atoms with Gasteiger partial charge in [0.05, 0.1) is 5.56 Å². The highest BCUT2D eigenvalue weighted by molar-refractivity contribution is 9.11. The molecule has 0 heterocycles. The fraction of sp³-hybridized carbons (Fsp3) is 0.0215. The highest BCUT2D eigenvalue weighted by Crippen LogP contribution is 2.60. The summed E-state index contributed by atoms with van der Waals surface area (Å²) < 4.78 is 3.13. The van der Waals surface area contributed by atoms with Crippen LogP contribution in [0.4, 0.5) is 5.69 Å². The van der Waals surface area contributed by atoms with Crippen molar-refractivity contribution in [3.8, 4) is 44.5 Å². The number of para-hydroxylation sites is 1. The number of allylic oxidation sites excluding steroid dienone is 4. The standard InChI is InChI=1S/C32H19Br.C27H15BrO.C15H14O.C12H5BrO2.C7H7NO2/c33-27-19-18-26-30-24(27)16-9-17-25(30)31-28(20-10-3-1-4-11-20)22-14-7-8-15-23(22)29(32(26)31)21-12-5-2-6-13-21;28-21-15-14-20-24-18(21)12-7-13-19(24)25-22(16-8-3-1-4-9-16)27(29)23(26(20)25)17-10-5-2-6-11-17;16-15(11-13-7-3-1-4-8-13)12-14-9-5-2-6-10-14;13-9-5-4-8-10-6(9)2-1-3-7(10)11(14)12(8)15;8-6-4-2-1-3-5(6)7(9)10/h1-19H;1-15H;1-10H,11-12H2;1-5H;1-4H,8H2,(H,9,10). The Morgan fingerprint density at radius 3 is 1.02 bits per heavy atom. The zero-order valence-electron chi connectivity index (χ0n) is 55.2. The number of nitrogen functional groups attached to an aromatic ring is 1. The van der Waals surface area contributed by atoms with E-state index < -0.39 is 17.5 Å². The number of benzene rings is 15. The number of hydrogen-bond acceptors (Lipinski definition) is 6. The van der Waals surface area contributed by atoms with Crippen LogP contribution in [0.2, 0.25) is 0 Å². The molecule has 0 fully saturated rings. The van der Waals surface area contributed by atoms with Gasteiger partial charge in [-0.25, -0.2) is 4.79 Å². The Kier molecular flexibility index (Phi) is 18.9. The second kappa shape index (κ2) is 29.0. The average molecular weight is 1530 g/mol. The molecule has 10 heteroatoms. The van der Waals surface area contributed by atoms with Crippen molar-refractivity contribution in [2.75, 3.05) is 5.73 Å². The molecule has 0 bridgehead atoms. The Morgan fingerprint density at radius 1 is 0.282 bits per heavy atom. The molecule has 0 saturated heterocycles. The molecule has 15 aromatic carbocycles. The van der Waals surface area contributed by atoms with Gasteiger partial charge in [-0.2, -0.15) is 0 Å². The molecule has 4 aliphatic rings. The van der Waals surface area contributed by atoms with Gasteiger partial charge in [0.25, 0.3) is 0 Å². The number of carboxylic acids is 1. The molecule has 0 atom stereocenters. The number of Topliss-reactive ketones (excluding diaryl/α,β-unsaturated/α-hetero) is 4. The number of ketones is 4. The van der Waals surface area contributed by atoms with Gasteiger partial charge in [-0.1, -0.05) is 333 Å². The molecule has 7 nitrogen and oxygen atoms in total. The molecule has 0 amide bonds. The Balaban J connectivity index is 0.000000111. The molecule has 19 rings (SSSR count). The van der Waals surface area contributed by atoms with Gasteiger partial charge >= 0.3 is 5.97 Å². The summed E-state index contributed by atoms with van der Waals surface area (Å²) in [4.78, 5) is 59.2. The molecular formula is C93H60Br3NO6. The van der Waals surface area contributed by atoms with Gasteiger partial charge in [-0.05, 0) is 152 Å². The Morgan fingerprint density at radius 2 is 0.592 bits per heavy atom. The number of carbonyl (C=O) groups excluding carboxylic acids is 4. The maximum atomic E-state index is 13.8. The smallest absolute Gasteiger partial charge is 0.337 e. The molecule has 494 valence electrons. The van der Waals surface area contributed by atoms with Crippen LogP contribution in [-0.4, -0.2) is 34.2 Å². The molecule has 0 aliphatic heterocycles. The molecule has 0 spiro atoms. The van der Waals surface area contributed by atoms with Gasteiger partial charge in [-0.3, -0.25) is 19.2 Å². The van der Waals surface area contributed by atoms with Crippen LogP contribution in [0.25, 0.3) is 110 Å². The van der Waals surface area contributed by atoms with Crippen LogP contribution in [0.3, 0.4) is 0 Å². The van der Waals surface area contributed by atoms with Crippen LogP contribution >= 0.6 is 47.8 Å². The van der Waals surface area contributed by atoms with Gasteiger partial charge in [0.1, 0.15) is 5.78 Å². The number of carbonyl (C=O) groups is 5. The lowest BCUT2D eigenvalue weighted by molar-refractivity contribution is -0.117. The van der Waals surface area contributed by atoms with Gasteiger partial charge in [0.15, 0.2) is 5.78 Å². The van der Waals surface area contributed by atoms with E-state index in [1.165, 1.54) is 82.9 Å². The number of halogens is 3. The minimum Gasteiger partial charge on any atom is -0.478 e. The van der Waals surface area contributed by atoms with Gasteiger partial charge < -0.3 is 10.8 Å². The van der Waals surface area contributed by atoms with E-state index in [0.29, 0.717) is 29.7 Å². The third kappa shape index (κ3) is 12.7. The van der Waals surface area contributed by atoms with Crippen molar-refractivity contribution in [1.29, 1.82) is 0 Å². The van der Waals surface area contributed by atoms with Crippen molar-refractivity contribution in [1.82, 2.24) is 0 Å². The number of aromatic carboxylic acids is 1. The number of nitrogens with two attached hydrogens (primary N) is 1. The number of carboxylic acid groups (broad SMARTS) is 1. The number of anilines is 1. The van der Waals surface area contributed by atoms with Crippen LogP contribution in [0, 0.1) is 0 Å². The zero-order valence-corrected chi connectivity index (χ0v) is 60.0. The summed E-state index contributed by atoms with van der Waals surface area (Å²) in [5, 5.41) is 17.8. The first-order valence-corrected chi connectivity index (χ1v) is 36.0. The zero-order chi connectivity index (χ0) is 70.8. The number of hydrogen-bond donors (Lipinski definition) is 2. The summed E-state index contributed by atoms with van der Waals surface area (Å²) in [6.45, 7) is 0. The summed E-state index contributed by atoms with van der Waals surface area (Å²) in [5.41, 5.74) is 27.5. The lowest BCUT2D eigenvalue weighted by Gasteiger charge is -2.20. The molecule has 103 heavy (non-hydrogen) atoms. The second-order valence-electron chi connectivity index (χ2n) is 25.2. The quantitative estimate of drug-likeness (QED) is 0.109. The Hall–Kier alpha value is -11.8. The van der Waals surface area contributed by atoms with Crippen molar-refractivity contribution in [2.45, 2.75) is 12.8 Å². The molecule has 0 aromatic heterocycles. The van der Waals surface area contributed by atoms with E-state index in [2.05, 4.69) is 193 Å². The summed E-state index contributed by atoms with van der Waals surface area (Å²) >= 11 is 10.9. The predicted molar refractivity (Wildman–Crippen MR) is 431 cm³/mol. The van der Waals surface area contributed by atoms with Gasteiger partial charge in [0.2, 0.25) is 11.6 Å². The molecule has 3 N–H and O–H groups in total. The van der Waals surface area contributed by atoms with Gasteiger partial charge in [-0.15, -0.1) is 0 Å². The molecular weight excluding hydrogens is 1470 g/mol. The highest BCUT2D eigenvalue weighted by atomic mass is 79.9. The monoisotopic (exact) mass is 1520 g/mol. The summed E-state index contributed by atoms with van der Waals surface area (Å²) in [6.07, 6.45) is 1.05. The van der Waals surface area contributed by atoms with Crippen LogP contribution in [0.15, 0.2) is 335 Å². The molecule has 15 aromatic rings. The van der Waals surface area contributed by atoms with E-state index in [4.69, 9.17) is 10.8 Å². The fourth-order valence-electron chi connectivity index (χ4n) is 14.7. The van der Waals surface area contributed by atoms with E-state index in [0.717, 1.165) is 79.9 Å².